The maximum Gasteiger partial charge on any atom is 0.127 e. The fourth-order valence-corrected chi connectivity index (χ4v) is 3.11. The van der Waals surface area contributed by atoms with Crippen LogP contribution >= 0.6 is 0 Å². The van der Waals surface area contributed by atoms with E-state index in [1.807, 2.05) is 12.1 Å². The predicted molar refractivity (Wildman–Crippen MR) is 108 cm³/mol. The van der Waals surface area contributed by atoms with Gasteiger partial charge in [-0.25, -0.2) is 0 Å². The van der Waals surface area contributed by atoms with Crippen LogP contribution in [-0.2, 0) is 0 Å². The van der Waals surface area contributed by atoms with E-state index in [0.717, 1.165) is 25.3 Å². The van der Waals surface area contributed by atoms with E-state index in [2.05, 4.69) is 42.5 Å². The van der Waals surface area contributed by atoms with E-state index in [-0.39, 0.29) is 0 Å². The highest BCUT2D eigenvalue weighted by Crippen LogP contribution is 2.29. The van der Waals surface area contributed by atoms with Crippen LogP contribution in [0.4, 0.5) is 0 Å². The summed E-state index contributed by atoms with van der Waals surface area (Å²) < 4.78 is 6.05. The molecule has 0 aromatic heterocycles. The van der Waals surface area contributed by atoms with Crippen molar-refractivity contribution in [2.24, 2.45) is 5.73 Å². The first-order valence-corrected chi connectivity index (χ1v) is 9.89. The highest BCUT2D eigenvalue weighted by atomic mass is 16.5. The van der Waals surface area contributed by atoms with Gasteiger partial charge in [0.1, 0.15) is 5.75 Å². The van der Waals surface area contributed by atoms with Gasteiger partial charge < -0.3 is 10.5 Å². The first kappa shape index (κ1) is 19.5. The molecule has 0 aliphatic carbocycles. The van der Waals surface area contributed by atoms with Crippen molar-refractivity contribution >= 4 is 0 Å². The maximum absolute atomic E-state index is 6.05. The van der Waals surface area contributed by atoms with E-state index in [0.29, 0.717) is 0 Å². The molecule has 136 valence electrons. The van der Waals surface area contributed by atoms with Gasteiger partial charge in [-0.2, -0.15) is 0 Å². The fourth-order valence-electron chi connectivity index (χ4n) is 3.11. The van der Waals surface area contributed by atoms with E-state index in [1.165, 1.54) is 62.5 Å². The summed E-state index contributed by atoms with van der Waals surface area (Å²) in [6, 6.07) is 18.8. The van der Waals surface area contributed by atoms with Crippen LogP contribution in [0, 0.1) is 0 Å². The molecule has 2 aromatic carbocycles. The van der Waals surface area contributed by atoms with Crippen molar-refractivity contribution in [1.82, 2.24) is 0 Å². The van der Waals surface area contributed by atoms with E-state index in [9.17, 15) is 0 Å². The molecule has 0 saturated carbocycles. The van der Waals surface area contributed by atoms with Gasteiger partial charge in [-0.3, -0.25) is 0 Å². The zero-order valence-electron chi connectivity index (χ0n) is 15.5. The number of unbranched alkanes of at least 4 members (excludes halogenated alkanes) is 8. The zero-order valence-corrected chi connectivity index (χ0v) is 15.5. The van der Waals surface area contributed by atoms with Crippen molar-refractivity contribution in [3.63, 3.8) is 0 Å². The predicted octanol–water partition coefficient (Wildman–Crippen LogP) is 6.20. The molecule has 0 heterocycles. The lowest BCUT2D eigenvalue weighted by molar-refractivity contribution is 0.305. The van der Waals surface area contributed by atoms with Crippen LogP contribution in [0.2, 0.25) is 0 Å². The first-order chi connectivity index (χ1) is 12.4. The van der Waals surface area contributed by atoms with Crippen molar-refractivity contribution < 1.29 is 4.74 Å². The Balaban J connectivity index is 1.60. The molecule has 0 aliphatic heterocycles. The fraction of sp³-hybridized carbons (Fsp3) is 0.478. The minimum Gasteiger partial charge on any atom is -0.493 e. The average Bonchev–Trinajstić information content (AvgIpc) is 2.67. The molecular weight excluding hydrogens is 306 g/mol. The van der Waals surface area contributed by atoms with Gasteiger partial charge >= 0.3 is 0 Å². The Hall–Kier alpha value is -1.80. The largest absolute Gasteiger partial charge is 0.493 e. The van der Waals surface area contributed by atoms with Gasteiger partial charge in [-0.1, -0.05) is 93.5 Å². The number of benzene rings is 2. The lowest BCUT2D eigenvalue weighted by Gasteiger charge is -2.11. The molecule has 2 heteroatoms. The molecule has 0 amide bonds. The third-order valence-electron chi connectivity index (χ3n) is 4.58. The highest BCUT2D eigenvalue weighted by molar-refractivity contribution is 5.70. The second-order valence-electron chi connectivity index (χ2n) is 6.68. The molecule has 2 aromatic rings. The molecule has 0 aliphatic rings. The lowest BCUT2D eigenvalue weighted by Crippen LogP contribution is -1.99. The molecule has 2 N–H and O–H groups in total. The number of nitrogens with two attached hydrogens (primary N) is 1. The summed E-state index contributed by atoms with van der Waals surface area (Å²) in [5, 5.41) is 0. The number of para-hydroxylation sites is 1. The molecule has 0 bridgehead atoms. The van der Waals surface area contributed by atoms with Gasteiger partial charge in [0, 0.05) is 5.56 Å². The maximum atomic E-state index is 6.05. The Labute approximate surface area is 153 Å². The Bertz CT molecular complexity index is 567. The normalized spacial score (nSPS) is 10.8. The summed E-state index contributed by atoms with van der Waals surface area (Å²) in [6.07, 6.45) is 11.6. The quantitative estimate of drug-likeness (QED) is 0.441. The molecule has 0 radical (unpaired) electrons. The molecule has 2 rings (SSSR count). The van der Waals surface area contributed by atoms with Gasteiger partial charge in [0.05, 0.1) is 6.61 Å². The summed E-state index contributed by atoms with van der Waals surface area (Å²) in [7, 11) is 0. The van der Waals surface area contributed by atoms with Crippen LogP contribution in [0.3, 0.4) is 0 Å². The van der Waals surface area contributed by atoms with Crippen LogP contribution < -0.4 is 10.5 Å². The number of hydrogen-bond donors (Lipinski definition) is 1. The summed E-state index contributed by atoms with van der Waals surface area (Å²) in [5.74, 6) is 0.994. The van der Waals surface area contributed by atoms with Crippen LogP contribution in [0.5, 0.6) is 5.75 Å². The molecule has 2 nitrogen and oxygen atoms in total. The lowest BCUT2D eigenvalue weighted by atomic mass is 10.0. The van der Waals surface area contributed by atoms with E-state index in [1.54, 1.807) is 0 Å². The monoisotopic (exact) mass is 339 g/mol. The van der Waals surface area contributed by atoms with Crippen LogP contribution in [0.15, 0.2) is 54.6 Å². The minimum absolute atomic E-state index is 0.806. The Kier molecular flexibility index (Phi) is 9.80. The average molecular weight is 340 g/mol. The molecule has 0 spiro atoms. The molecule has 0 saturated heterocycles. The smallest absolute Gasteiger partial charge is 0.127 e. The van der Waals surface area contributed by atoms with Crippen molar-refractivity contribution in [2.75, 3.05) is 13.2 Å². The first-order valence-electron chi connectivity index (χ1n) is 9.89. The SMILES string of the molecule is NCCCCCCCCCCCOc1ccccc1-c1ccccc1. The van der Waals surface area contributed by atoms with Gasteiger partial charge in [0.2, 0.25) is 0 Å². The number of rotatable bonds is 13. The standard InChI is InChI=1S/C23H33NO/c24-19-13-6-4-2-1-3-5-7-14-20-25-23-18-12-11-17-22(23)21-15-9-8-10-16-21/h8-12,15-18H,1-7,13-14,19-20,24H2. The number of ether oxygens (including phenoxy) is 1. The van der Waals surface area contributed by atoms with Crippen LogP contribution in [-0.4, -0.2) is 13.2 Å². The van der Waals surface area contributed by atoms with Crippen molar-refractivity contribution in [3.8, 4) is 16.9 Å². The topological polar surface area (TPSA) is 35.2 Å². The van der Waals surface area contributed by atoms with Gasteiger partial charge in [0.15, 0.2) is 0 Å². The number of hydrogen-bond acceptors (Lipinski definition) is 2. The minimum atomic E-state index is 0.806. The van der Waals surface area contributed by atoms with Crippen molar-refractivity contribution in [3.05, 3.63) is 54.6 Å². The highest BCUT2D eigenvalue weighted by Gasteiger charge is 2.04. The molecular formula is C23H33NO. The van der Waals surface area contributed by atoms with Crippen molar-refractivity contribution in [2.45, 2.75) is 57.8 Å². The molecule has 0 atom stereocenters. The van der Waals surface area contributed by atoms with E-state index >= 15 is 0 Å². The van der Waals surface area contributed by atoms with Crippen molar-refractivity contribution in [1.29, 1.82) is 0 Å². The summed E-state index contributed by atoms with van der Waals surface area (Å²) in [4.78, 5) is 0. The summed E-state index contributed by atoms with van der Waals surface area (Å²) in [6.45, 7) is 1.65. The van der Waals surface area contributed by atoms with Gasteiger partial charge in [-0.05, 0) is 31.0 Å². The molecule has 25 heavy (non-hydrogen) atoms. The molecule has 0 unspecified atom stereocenters. The Morgan fingerprint density at radius 1 is 0.600 bits per heavy atom. The second kappa shape index (κ2) is 12.5. The Morgan fingerprint density at radius 2 is 1.16 bits per heavy atom. The van der Waals surface area contributed by atoms with Crippen LogP contribution in [0.25, 0.3) is 11.1 Å². The van der Waals surface area contributed by atoms with Crippen LogP contribution in [0.1, 0.15) is 57.8 Å². The Morgan fingerprint density at radius 3 is 1.84 bits per heavy atom. The second-order valence-corrected chi connectivity index (χ2v) is 6.68. The van der Waals surface area contributed by atoms with E-state index < -0.39 is 0 Å². The third kappa shape index (κ3) is 7.74. The third-order valence-corrected chi connectivity index (χ3v) is 4.58. The summed E-state index contributed by atoms with van der Waals surface area (Å²) >= 11 is 0. The van der Waals surface area contributed by atoms with E-state index in [4.69, 9.17) is 10.5 Å². The molecule has 0 fully saturated rings. The zero-order chi connectivity index (χ0) is 17.6. The summed E-state index contributed by atoms with van der Waals surface area (Å²) in [5.41, 5.74) is 7.91. The van der Waals surface area contributed by atoms with Gasteiger partial charge in [-0.15, -0.1) is 0 Å². The van der Waals surface area contributed by atoms with Gasteiger partial charge in [0.25, 0.3) is 0 Å².